The second-order valence-electron chi connectivity index (χ2n) is 6.11. The molecule has 0 aliphatic rings. The van der Waals surface area contributed by atoms with Gasteiger partial charge in [-0.2, -0.15) is 0 Å². The highest BCUT2D eigenvalue weighted by Gasteiger charge is 2.11. The van der Waals surface area contributed by atoms with Crippen molar-refractivity contribution in [3.05, 3.63) is 35.4 Å². The zero-order chi connectivity index (χ0) is 15.5. The molecule has 1 unspecified atom stereocenters. The van der Waals surface area contributed by atoms with E-state index >= 15 is 0 Å². The van der Waals surface area contributed by atoms with E-state index in [2.05, 4.69) is 57.3 Å². The number of ether oxygens (including phenoxy) is 1. The second-order valence-corrected chi connectivity index (χ2v) is 6.11. The molecule has 0 saturated heterocycles. The van der Waals surface area contributed by atoms with Gasteiger partial charge in [-0.25, -0.2) is 0 Å². The molecule has 0 spiro atoms. The van der Waals surface area contributed by atoms with E-state index in [1.165, 1.54) is 30.4 Å². The number of unbranched alkanes of at least 4 members (excludes halogenated alkanes) is 2. The molecule has 0 radical (unpaired) electrons. The molecule has 21 heavy (non-hydrogen) atoms. The van der Waals surface area contributed by atoms with Gasteiger partial charge >= 0.3 is 0 Å². The van der Waals surface area contributed by atoms with Crippen LogP contribution in [0.1, 0.15) is 76.5 Å². The number of rotatable bonds is 11. The minimum absolute atomic E-state index is 0.313. The van der Waals surface area contributed by atoms with Gasteiger partial charge in [0.2, 0.25) is 0 Å². The molecule has 1 N–H and O–H groups in total. The maximum absolute atomic E-state index is 5.86. The molecule has 0 fully saturated rings. The highest BCUT2D eigenvalue weighted by molar-refractivity contribution is 5.27. The van der Waals surface area contributed by atoms with E-state index in [1.807, 2.05) is 0 Å². The third-order valence-electron chi connectivity index (χ3n) is 3.82. The molecule has 1 atom stereocenters. The number of benzene rings is 1. The molecule has 2 heteroatoms. The highest BCUT2D eigenvalue weighted by Crippen LogP contribution is 2.19. The van der Waals surface area contributed by atoms with E-state index in [1.54, 1.807) is 0 Å². The molecule has 1 rings (SSSR count). The van der Waals surface area contributed by atoms with Gasteiger partial charge in [0.05, 0.1) is 12.6 Å². The van der Waals surface area contributed by atoms with Crippen LogP contribution in [-0.2, 0) is 4.74 Å². The molecule has 0 aliphatic carbocycles. The lowest BCUT2D eigenvalue weighted by molar-refractivity contribution is 0.108. The van der Waals surface area contributed by atoms with Gasteiger partial charge in [-0.3, -0.25) is 0 Å². The van der Waals surface area contributed by atoms with Crippen molar-refractivity contribution in [3.8, 4) is 0 Å². The lowest BCUT2D eigenvalue weighted by atomic mass is 9.99. The molecule has 2 nitrogen and oxygen atoms in total. The number of nitrogens with one attached hydrogen (secondary N) is 1. The molecular formula is C19H33NO. The first kappa shape index (κ1) is 18.2. The minimum atomic E-state index is 0.313. The second kappa shape index (κ2) is 10.8. The van der Waals surface area contributed by atoms with E-state index in [9.17, 15) is 0 Å². The fourth-order valence-electron chi connectivity index (χ4n) is 2.36. The summed E-state index contributed by atoms with van der Waals surface area (Å²) < 4.78 is 5.86. The van der Waals surface area contributed by atoms with Crippen LogP contribution in [0.3, 0.4) is 0 Å². The average molecular weight is 291 g/mol. The Bertz CT molecular complexity index is 358. The highest BCUT2D eigenvalue weighted by atomic mass is 16.5. The van der Waals surface area contributed by atoms with Crippen LogP contribution in [0.5, 0.6) is 0 Å². The SMILES string of the molecule is CCCCCOCC(NCCC)c1ccc(C(C)C)cc1. The van der Waals surface area contributed by atoms with Gasteiger partial charge < -0.3 is 10.1 Å². The van der Waals surface area contributed by atoms with Gasteiger partial charge in [0, 0.05) is 6.61 Å². The third kappa shape index (κ3) is 7.10. The van der Waals surface area contributed by atoms with Gasteiger partial charge in [-0.05, 0) is 36.4 Å². The van der Waals surface area contributed by atoms with Crippen LogP contribution >= 0.6 is 0 Å². The van der Waals surface area contributed by atoms with Gasteiger partial charge in [-0.1, -0.05) is 64.8 Å². The van der Waals surface area contributed by atoms with Crippen molar-refractivity contribution in [3.63, 3.8) is 0 Å². The van der Waals surface area contributed by atoms with Gasteiger partial charge in [0.15, 0.2) is 0 Å². The number of hydrogen-bond acceptors (Lipinski definition) is 2. The molecule has 0 heterocycles. The van der Waals surface area contributed by atoms with Gasteiger partial charge in [0.1, 0.15) is 0 Å². The molecule has 1 aromatic rings. The quantitative estimate of drug-likeness (QED) is 0.576. The topological polar surface area (TPSA) is 21.3 Å². The summed E-state index contributed by atoms with van der Waals surface area (Å²) in [6.45, 7) is 11.6. The monoisotopic (exact) mass is 291 g/mol. The maximum Gasteiger partial charge on any atom is 0.0661 e. The molecule has 0 saturated carbocycles. The Labute approximate surface area is 131 Å². The van der Waals surface area contributed by atoms with E-state index in [-0.39, 0.29) is 0 Å². The van der Waals surface area contributed by atoms with Crippen LogP contribution in [0.2, 0.25) is 0 Å². The first-order valence-electron chi connectivity index (χ1n) is 8.60. The third-order valence-corrected chi connectivity index (χ3v) is 3.82. The van der Waals surface area contributed by atoms with Gasteiger partial charge in [-0.15, -0.1) is 0 Å². The molecule has 120 valence electrons. The Kier molecular flexibility index (Phi) is 9.36. The summed E-state index contributed by atoms with van der Waals surface area (Å²) >= 11 is 0. The molecule has 0 amide bonds. The van der Waals surface area contributed by atoms with Crippen LogP contribution in [0.4, 0.5) is 0 Å². The van der Waals surface area contributed by atoms with Crippen molar-refractivity contribution in [2.75, 3.05) is 19.8 Å². The molecule has 0 bridgehead atoms. The van der Waals surface area contributed by atoms with Crippen molar-refractivity contribution < 1.29 is 4.74 Å². The summed E-state index contributed by atoms with van der Waals surface area (Å²) in [6, 6.07) is 9.30. The molecule has 0 aromatic heterocycles. The summed E-state index contributed by atoms with van der Waals surface area (Å²) in [6.07, 6.45) is 4.83. The molecule has 1 aromatic carbocycles. The Morgan fingerprint density at radius 2 is 1.62 bits per heavy atom. The normalized spacial score (nSPS) is 12.8. The largest absolute Gasteiger partial charge is 0.379 e. The Hall–Kier alpha value is -0.860. The Morgan fingerprint density at radius 1 is 0.952 bits per heavy atom. The summed E-state index contributed by atoms with van der Waals surface area (Å²) in [5.74, 6) is 0.589. The van der Waals surface area contributed by atoms with Crippen molar-refractivity contribution in [1.29, 1.82) is 0 Å². The van der Waals surface area contributed by atoms with E-state index in [0.717, 1.165) is 26.2 Å². The van der Waals surface area contributed by atoms with Crippen molar-refractivity contribution in [2.24, 2.45) is 0 Å². The Balaban J connectivity index is 2.54. The van der Waals surface area contributed by atoms with Gasteiger partial charge in [0.25, 0.3) is 0 Å². The lowest BCUT2D eigenvalue weighted by Crippen LogP contribution is -2.26. The Morgan fingerprint density at radius 3 is 2.19 bits per heavy atom. The summed E-state index contributed by atoms with van der Waals surface area (Å²) in [7, 11) is 0. The van der Waals surface area contributed by atoms with Crippen molar-refractivity contribution >= 4 is 0 Å². The summed E-state index contributed by atoms with van der Waals surface area (Å²) in [4.78, 5) is 0. The lowest BCUT2D eigenvalue weighted by Gasteiger charge is -2.20. The average Bonchev–Trinajstić information content (AvgIpc) is 2.50. The van der Waals surface area contributed by atoms with Crippen LogP contribution in [0.25, 0.3) is 0 Å². The smallest absolute Gasteiger partial charge is 0.0661 e. The number of hydrogen-bond donors (Lipinski definition) is 1. The van der Waals surface area contributed by atoms with Crippen LogP contribution < -0.4 is 5.32 Å². The van der Waals surface area contributed by atoms with E-state index < -0.39 is 0 Å². The molecule has 0 aliphatic heterocycles. The summed E-state index contributed by atoms with van der Waals surface area (Å²) in [5, 5.41) is 3.60. The standard InChI is InChI=1S/C19H33NO/c1-5-7-8-14-21-15-19(20-13-6-2)18-11-9-17(10-12-18)16(3)4/h9-12,16,19-20H,5-8,13-15H2,1-4H3. The zero-order valence-corrected chi connectivity index (χ0v) is 14.3. The van der Waals surface area contributed by atoms with Crippen LogP contribution in [0.15, 0.2) is 24.3 Å². The fraction of sp³-hybridized carbons (Fsp3) is 0.684. The van der Waals surface area contributed by atoms with E-state index in [0.29, 0.717) is 12.0 Å². The van der Waals surface area contributed by atoms with Crippen LogP contribution in [0, 0.1) is 0 Å². The van der Waals surface area contributed by atoms with Crippen molar-refractivity contribution in [2.45, 2.75) is 65.3 Å². The predicted octanol–water partition coefficient (Wildman–Crippen LogP) is 5.06. The zero-order valence-electron chi connectivity index (χ0n) is 14.3. The van der Waals surface area contributed by atoms with E-state index in [4.69, 9.17) is 4.74 Å². The molecular weight excluding hydrogens is 258 g/mol. The predicted molar refractivity (Wildman–Crippen MR) is 91.9 cm³/mol. The fourth-order valence-corrected chi connectivity index (χ4v) is 2.36. The van der Waals surface area contributed by atoms with Crippen molar-refractivity contribution in [1.82, 2.24) is 5.32 Å². The first-order chi connectivity index (χ1) is 10.2. The first-order valence-corrected chi connectivity index (χ1v) is 8.60. The minimum Gasteiger partial charge on any atom is -0.379 e. The maximum atomic E-state index is 5.86. The summed E-state index contributed by atoms with van der Waals surface area (Å²) in [5.41, 5.74) is 2.74. The van der Waals surface area contributed by atoms with Crippen LogP contribution in [-0.4, -0.2) is 19.8 Å².